The molecule has 2 aromatic heterocycles. The van der Waals surface area contributed by atoms with Crippen molar-refractivity contribution >= 4 is 28.9 Å². The second-order valence-corrected chi connectivity index (χ2v) is 7.57. The fourth-order valence-electron chi connectivity index (χ4n) is 2.32. The quantitative estimate of drug-likeness (QED) is 0.626. The summed E-state index contributed by atoms with van der Waals surface area (Å²) in [5.41, 5.74) is 0.856. The molecule has 0 spiro atoms. The van der Waals surface area contributed by atoms with Crippen molar-refractivity contribution in [1.82, 2.24) is 14.8 Å². The van der Waals surface area contributed by atoms with Gasteiger partial charge in [-0.1, -0.05) is 11.8 Å². The number of Topliss-reactive ketones (excluding diaryl/α,β-unsaturated/α-hetero) is 1. The second kappa shape index (κ2) is 5.33. The Morgan fingerprint density at radius 1 is 1.40 bits per heavy atom. The van der Waals surface area contributed by atoms with Crippen molar-refractivity contribution in [2.24, 2.45) is 0 Å². The van der Waals surface area contributed by atoms with E-state index in [9.17, 15) is 4.79 Å². The minimum absolute atomic E-state index is 0.180. The molecule has 0 amide bonds. The molecule has 106 valence electrons. The molecule has 1 fully saturated rings. The molecule has 0 N–H and O–H groups in total. The molecule has 0 aliphatic heterocycles. The van der Waals surface area contributed by atoms with Crippen LogP contribution in [0.2, 0.25) is 0 Å². The van der Waals surface area contributed by atoms with Crippen LogP contribution in [-0.2, 0) is 0 Å². The van der Waals surface area contributed by atoms with Gasteiger partial charge in [-0.25, -0.2) is 0 Å². The molecule has 0 aromatic carbocycles. The first-order valence-corrected chi connectivity index (χ1v) is 8.51. The average molecular weight is 307 g/mol. The maximum atomic E-state index is 12.3. The normalized spacial score (nSPS) is 14.8. The van der Waals surface area contributed by atoms with Crippen LogP contribution in [0.3, 0.4) is 0 Å². The van der Waals surface area contributed by atoms with Crippen LogP contribution in [0.25, 0.3) is 0 Å². The molecule has 4 nitrogen and oxygen atoms in total. The lowest BCUT2D eigenvalue weighted by molar-refractivity contribution is 0.102. The van der Waals surface area contributed by atoms with Crippen LogP contribution in [-0.4, -0.2) is 26.3 Å². The summed E-state index contributed by atoms with van der Waals surface area (Å²) in [6.07, 6.45) is 2.40. The highest BCUT2D eigenvalue weighted by Gasteiger charge is 2.28. The number of carbonyl (C=O) groups is 1. The average Bonchev–Trinajstić information content (AvgIpc) is 3.08. The largest absolute Gasteiger partial charge is 0.303 e. The first kappa shape index (κ1) is 13.8. The monoisotopic (exact) mass is 307 g/mol. The first-order valence-electron chi connectivity index (χ1n) is 6.71. The van der Waals surface area contributed by atoms with Crippen LogP contribution < -0.4 is 0 Å². The van der Waals surface area contributed by atoms with Crippen LogP contribution in [0, 0.1) is 20.8 Å². The number of thiophene rings is 1. The Kier molecular flexibility index (Phi) is 3.69. The molecule has 6 heteroatoms. The van der Waals surface area contributed by atoms with Gasteiger partial charge in [0.1, 0.15) is 5.82 Å². The smallest absolute Gasteiger partial charge is 0.191 e. The third kappa shape index (κ3) is 2.67. The van der Waals surface area contributed by atoms with E-state index in [1.54, 1.807) is 11.3 Å². The number of hydrogen-bond acceptors (Lipinski definition) is 5. The Morgan fingerprint density at radius 2 is 2.15 bits per heavy atom. The van der Waals surface area contributed by atoms with E-state index in [1.165, 1.54) is 29.5 Å². The fraction of sp³-hybridized carbons (Fsp3) is 0.500. The van der Waals surface area contributed by atoms with E-state index in [0.29, 0.717) is 11.8 Å². The summed E-state index contributed by atoms with van der Waals surface area (Å²) in [5, 5.41) is 9.21. The molecular formula is C14H17N3OS2. The van der Waals surface area contributed by atoms with Gasteiger partial charge in [-0.05, 0) is 39.7 Å². The zero-order valence-corrected chi connectivity index (χ0v) is 13.5. The Labute approximate surface area is 126 Å². The van der Waals surface area contributed by atoms with Crippen molar-refractivity contribution in [3.63, 3.8) is 0 Å². The summed E-state index contributed by atoms with van der Waals surface area (Å²) < 4.78 is 2.17. The Hall–Kier alpha value is -1.14. The number of carbonyl (C=O) groups excluding carboxylic acids is 1. The summed E-state index contributed by atoms with van der Waals surface area (Å²) in [5.74, 6) is 1.56. The van der Waals surface area contributed by atoms with E-state index in [-0.39, 0.29) is 5.78 Å². The SMILES string of the molecule is Cc1cc(C(=O)CSc2nnc(C)n2C2CC2)c(C)s1. The van der Waals surface area contributed by atoms with Crippen molar-refractivity contribution in [2.45, 2.75) is 44.8 Å². The molecular weight excluding hydrogens is 290 g/mol. The predicted octanol–water partition coefficient (Wildman–Crippen LogP) is 3.57. The lowest BCUT2D eigenvalue weighted by Gasteiger charge is -2.05. The first-order chi connectivity index (χ1) is 9.56. The zero-order valence-electron chi connectivity index (χ0n) is 11.8. The number of nitrogens with zero attached hydrogens (tertiary/aromatic N) is 3. The highest BCUT2D eigenvalue weighted by Crippen LogP contribution is 2.38. The van der Waals surface area contributed by atoms with Crippen molar-refractivity contribution in [2.75, 3.05) is 5.75 Å². The molecule has 3 rings (SSSR count). The van der Waals surface area contributed by atoms with Gasteiger partial charge in [0.25, 0.3) is 0 Å². The molecule has 2 aromatic rings. The maximum absolute atomic E-state index is 12.3. The van der Waals surface area contributed by atoms with Gasteiger partial charge < -0.3 is 4.57 Å². The van der Waals surface area contributed by atoms with Crippen LogP contribution in [0.1, 0.15) is 44.8 Å². The Morgan fingerprint density at radius 3 is 2.75 bits per heavy atom. The minimum Gasteiger partial charge on any atom is -0.303 e. The van der Waals surface area contributed by atoms with Gasteiger partial charge in [0.2, 0.25) is 0 Å². The van der Waals surface area contributed by atoms with E-state index in [4.69, 9.17) is 0 Å². The highest BCUT2D eigenvalue weighted by molar-refractivity contribution is 7.99. The molecule has 0 radical (unpaired) electrons. The van der Waals surface area contributed by atoms with E-state index in [1.807, 2.05) is 26.8 Å². The lowest BCUT2D eigenvalue weighted by Crippen LogP contribution is -2.05. The Balaban J connectivity index is 1.70. The molecule has 1 aliphatic carbocycles. The standard InChI is InChI=1S/C14H17N3OS2/c1-8-6-12(9(2)20-8)13(18)7-19-14-16-15-10(3)17(14)11-4-5-11/h6,11H,4-5,7H2,1-3H3. The third-order valence-electron chi connectivity index (χ3n) is 3.42. The Bertz CT molecular complexity index is 655. The predicted molar refractivity (Wildman–Crippen MR) is 81.9 cm³/mol. The maximum Gasteiger partial charge on any atom is 0.191 e. The number of hydrogen-bond donors (Lipinski definition) is 0. The molecule has 0 unspecified atom stereocenters. The topological polar surface area (TPSA) is 47.8 Å². The molecule has 1 aliphatic rings. The second-order valence-electron chi connectivity index (χ2n) is 5.17. The number of aryl methyl sites for hydroxylation is 3. The zero-order chi connectivity index (χ0) is 14.3. The number of aromatic nitrogens is 3. The van der Waals surface area contributed by atoms with E-state index >= 15 is 0 Å². The summed E-state index contributed by atoms with van der Waals surface area (Å²) in [6.45, 7) is 6.02. The van der Waals surface area contributed by atoms with Gasteiger partial charge in [-0.15, -0.1) is 21.5 Å². The summed E-state index contributed by atoms with van der Waals surface area (Å²) >= 11 is 3.18. The molecule has 20 heavy (non-hydrogen) atoms. The molecule has 1 saturated carbocycles. The van der Waals surface area contributed by atoms with Crippen LogP contribution in [0.15, 0.2) is 11.2 Å². The van der Waals surface area contributed by atoms with Crippen molar-refractivity contribution < 1.29 is 4.79 Å². The van der Waals surface area contributed by atoms with Crippen molar-refractivity contribution in [1.29, 1.82) is 0 Å². The lowest BCUT2D eigenvalue weighted by atomic mass is 10.2. The van der Waals surface area contributed by atoms with Gasteiger partial charge in [-0.2, -0.15) is 0 Å². The molecule has 0 atom stereocenters. The summed E-state index contributed by atoms with van der Waals surface area (Å²) in [7, 11) is 0. The molecule has 2 heterocycles. The summed E-state index contributed by atoms with van der Waals surface area (Å²) in [6, 6.07) is 2.53. The molecule has 0 saturated heterocycles. The van der Waals surface area contributed by atoms with E-state index in [0.717, 1.165) is 21.4 Å². The third-order valence-corrected chi connectivity index (χ3v) is 5.33. The van der Waals surface area contributed by atoms with Crippen LogP contribution in [0.4, 0.5) is 0 Å². The van der Waals surface area contributed by atoms with Gasteiger partial charge in [0, 0.05) is 21.4 Å². The molecule has 0 bridgehead atoms. The van der Waals surface area contributed by atoms with Crippen LogP contribution >= 0.6 is 23.1 Å². The highest BCUT2D eigenvalue weighted by atomic mass is 32.2. The number of rotatable bonds is 5. The van der Waals surface area contributed by atoms with E-state index < -0.39 is 0 Å². The van der Waals surface area contributed by atoms with Gasteiger partial charge >= 0.3 is 0 Å². The van der Waals surface area contributed by atoms with Gasteiger partial charge in [0.15, 0.2) is 10.9 Å². The van der Waals surface area contributed by atoms with Gasteiger partial charge in [-0.3, -0.25) is 4.79 Å². The van der Waals surface area contributed by atoms with E-state index in [2.05, 4.69) is 14.8 Å². The van der Waals surface area contributed by atoms with Crippen LogP contribution in [0.5, 0.6) is 0 Å². The van der Waals surface area contributed by atoms with Gasteiger partial charge in [0.05, 0.1) is 5.75 Å². The summed E-state index contributed by atoms with van der Waals surface area (Å²) in [4.78, 5) is 14.6. The number of thioether (sulfide) groups is 1. The number of ketones is 1. The van der Waals surface area contributed by atoms with Crippen molar-refractivity contribution in [3.8, 4) is 0 Å². The fourth-order valence-corrected chi connectivity index (χ4v) is 4.19. The minimum atomic E-state index is 0.180. The van der Waals surface area contributed by atoms with Crippen molar-refractivity contribution in [3.05, 3.63) is 27.2 Å².